The number of rotatable bonds is 4. The van der Waals surface area contributed by atoms with Crippen molar-refractivity contribution in [3.05, 3.63) is 16.0 Å². The standard InChI is InChI=1S/C17H25NO4S/c1-10-11(2)23-14(18-16(20)17(3,4)5)13(10)15(19)22-9-12-7-6-8-21-12/h12H,6-9H2,1-5H3,(H,18,20). The Morgan fingerprint density at radius 2 is 2.04 bits per heavy atom. The zero-order chi connectivity index (χ0) is 17.2. The fourth-order valence-corrected chi connectivity index (χ4v) is 3.31. The minimum Gasteiger partial charge on any atom is -0.459 e. The number of esters is 1. The van der Waals surface area contributed by atoms with E-state index in [1.807, 2.05) is 34.6 Å². The molecule has 1 unspecified atom stereocenters. The number of anilines is 1. The lowest BCUT2D eigenvalue weighted by atomic mass is 9.96. The average Bonchev–Trinajstić information content (AvgIpc) is 3.05. The number of carbonyl (C=O) groups excluding carboxylic acids is 2. The van der Waals surface area contributed by atoms with Crippen molar-refractivity contribution in [1.29, 1.82) is 0 Å². The highest BCUT2D eigenvalue weighted by molar-refractivity contribution is 7.16. The van der Waals surface area contributed by atoms with Crippen LogP contribution in [-0.4, -0.2) is 31.2 Å². The average molecular weight is 339 g/mol. The summed E-state index contributed by atoms with van der Waals surface area (Å²) < 4.78 is 10.9. The van der Waals surface area contributed by atoms with Gasteiger partial charge in [0.1, 0.15) is 11.6 Å². The van der Waals surface area contributed by atoms with Gasteiger partial charge in [-0.1, -0.05) is 20.8 Å². The molecule has 1 aromatic heterocycles. The maximum absolute atomic E-state index is 12.5. The van der Waals surface area contributed by atoms with Crippen molar-refractivity contribution in [2.45, 2.75) is 53.6 Å². The van der Waals surface area contributed by atoms with E-state index in [0.717, 1.165) is 29.9 Å². The molecule has 1 aliphatic heterocycles. The largest absolute Gasteiger partial charge is 0.459 e. The molecule has 0 bridgehead atoms. The number of hydrogen-bond donors (Lipinski definition) is 1. The van der Waals surface area contributed by atoms with Gasteiger partial charge in [-0.3, -0.25) is 4.79 Å². The first-order valence-corrected chi connectivity index (χ1v) is 8.72. The van der Waals surface area contributed by atoms with E-state index in [4.69, 9.17) is 9.47 Å². The summed E-state index contributed by atoms with van der Waals surface area (Å²) in [5, 5.41) is 3.44. The molecule has 1 aliphatic rings. The smallest absolute Gasteiger partial charge is 0.341 e. The van der Waals surface area contributed by atoms with Crippen LogP contribution in [0.15, 0.2) is 0 Å². The van der Waals surface area contributed by atoms with Gasteiger partial charge in [0, 0.05) is 16.9 Å². The molecule has 0 aliphatic carbocycles. The summed E-state index contributed by atoms with van der Waals surface area (Å²) >= 11 is 1.41. The molecule has 23 heavy (non-hydrogen) atoms. The maximum atomic E-state index is 12.5. The zero-order valence-electron chi connectivity index (χ0n) is 14.4. The first-order valence-electron chi connectivity index (χ1n) is 7.90. The minimum atomic E-state index is -0.523. The number of nitrogens with one attached hydrogen (secondary N) is 1. The van der Waals surface area contributed by atoms with Crippen LogP contribution in [0.5, 0.6) is 0 Å². The van der Waals surface area contributed by atoms with E-state index >= 15 is 0 Å². The fraction of sp³-hybridized carbons (Fsp3) is 0.647. The molecule has 1 fully saturated rings. The summed E-state index contributed by atoms with van der Waals surface area (Å²) in [6.07, 6.45) is 1.92. The number of ether oxygens (including phenoxy) is 2. The molecule has 1 N–H and O–H groups in total. The van der Waals surface area contributed by atoms with Crippen LogP contribution < -0.4 is 5.32 Å². The van der Waals surface area contributed by atoms with Crippen LogP contribution in [0.2, 0.25) is 0 Å². The first-order chi connectivity index (χ1) is 10.7. The molecule has 0 aromatic carbocycles. The van der Waals surface area contributed by atoms with E-state index in [2.05, 4.69) is 5.32 Å². The quantitative estimate of drug-likeness (QED) is 0.850. The highest BCUT2D eigenvalue weighted by atomic mass is 32.1. The Morgan fingerprint density at radius 3 is 2.61 bits per heavy atom. The van der Waals surface area contributed by atoms with Crippen molar-refractivity contribution in [1.82, 2.24) is 0 Å². The lowest BCUT2D eigenvalue weighted by molar-refractivity contribution is -0.123. The van der Waals surface area contributed by atoms with Gasteiger partial charge in [-0.25, -0.2) is 4.79 Å². The zero-order valence-corrected chi connectivity index (χ0v) is 15.3. The minimum absolute atomic E-state index is 0.00777. The number of aryl methyl sites for hydroxylation is 1. The van der Waals surface area contributed by atoms with Crippen LogP contribution in [0.1, 0.15) is 54.4 Å². The normalized spacial score (nSPS) is 18.0. The van der Waals surface area contributed by atoms with Gasteiger partial charge < -0.3 is 14.8 Å². The summed E-state index contributed by atoms with van der Waals surface area (Å²) in [7, 11) is 0. The van der Waals surface area contributed by atoms with E-state index in [1.165, 1.54) is 11.3 Å². The van der Waals surface area contributed by atoms with Crippen LogP contribution in [-0.2, 0) is 14.3 Å². The van der Waals surface area contributed by atoms with E-state index < -0.39 is 11.4 Å². The Bertz CT molecular complexity index is 594. The second kappa shape index (κ2) is 7.01. The molecule has 1 saturated heterocycles. The van der Waals surface area contributed by atoms with Crippen molar-refractivity contribution in [3.8, 4) is 0 Å². The Labute approximate surface area is 141 Å². The van der Waals surface area contributed by atoms with Crippen molar-refractivity contribution < 1.29 is 19.1 Å². The summed E-state index contributed by atoms with van der Waals surface area (Å²) in [6.45, 7) is 10.3. The predicted molar refractivity (Wildman–Crippen MR) is 91.1 cm³/mol. The van der Waals surface area contributed by atoms with Gasteiger partial charge in [-0.2, -0.15) is 0 Å². The third-order valence-electron chi connectivity index (χ3n) is 3.92. The van der Waals surface area contributed by atoms with Crippen LogP contribution in [0.4, 0.5) is 5.00 Å². The monoisotopic (exact) mass is 339 g/mol. The molecule has 1 aromatic rings. The van der Waals surface area contributed by atoms with E-state index in [0.29, 0.717) is 10.6 Å². The lowest BCUT2D eigenvalue weighted by Gasteiger charge is -2.17. The Balaban J connectivity index is 2.13. The van der Waals surface area contributed by atoms with Gasteiger partial charge in [0.2, 0.25) is 5.91 Å². The number of thiophene rings is 1. The second-order valence-electron chi connectivity index (χ2n) is 6.92. The van der Waals surface area contributed by atoms with Crippen molar-refractivity contribution in [2.75, 3.05) is 18.5 Å². The molecule has 0 spiro atoms. The van der Waals surface area contributed by atoms with Gasteiger partial charge in [-0.05, 0) is 32.3 Å². The van der Waals surface area contributed by atoms with Crippen LogP contribution >= 0.6 is 11.3 Å². The first kappa shape index (κ1) is 17.9. The lowest BCUT2D eigenvalue weighted by Crippen LogP contribution is -2.28. The third-order valence-corrected chi connectivity index (χ3v) is 5.04. The number of carbonyl (C=O) groups is 2. The Morgan fingerprint density at radius 1 is 1.35 bits per heavy atom. The van der Waals surface area contributed by atoms with Crippen molar-refractivity contribution >= 4 is 28.2 Å². The fourth-order valence-electron chi connectivity index (χ4n) is 2.27. The number of amides is 1. The summed E-state index contributed by atoms with van der Waals surface area (Å²) in [5.41, 5.74) is 0.796. The molecular formula is C17H25NO4S. The highest BCUT2D eigenvalue weighted by Gasteiger charge is 2.27. The van der Waals surface area contributed by atoms with Gasteiger partial charge >= 0.3 is 5.97 Å². The molecule has 2 heterocycles. The van der Waals surface area contributed by atoms with E-state index in [-0.39, 0.29) is 18.6 Å². The topological polar surface area (TPSA) is 64.6 Å². The van der Waals surface area contributed by atoms with Gasteiger partial charge in [0.25, 0.3) is 0 Å². The van der Waals surface area contributed by atoms with Crippen molar-refractivity contribution in [2.24, 2.45) is 5.41 Å². The molecular weight excluding hydrogens is 314 g/mol. The van der Waals surface area contributed by atoms with Gasteiger partial charge in [-0.15, -0.1) is 11.3 Å². The molecule has 0 saturated carbocycles. The second-order valence-corrected chi connectivity index (χ2v) is 8.15. The molecule has 1 amide bonds. The predicted octanol–water partition coefficient (Wildman–Crippen LogP) is 3.69. The summed E-state index contributed by atoms with van der Waals surface area (Å²) in [5.74, 6) is -0.515. The van der Waals surface area contributed by atoms with E-state index in [1.54, 1.807) is 0 Å². The third kappa shape index (κ3) is 4.32. The van der Waals surface area contributed by atoms with Gasteiger partial charge in [0.05, 0.1) is 11.7 Å². The molecule has 5 nitrogen and oxygen atoms in total. The van der Waals surface area contributed by atoms with Crippen LogP contribution in [0.3, 0.4) is 0 Å². The highest BCUT2D eigenvalue weighted by Crippen LogP contribution is 2.34. The molecule has 0 radical (unpaired) electrons. The Kier molecular flexibility index (Phi) is 5.47. The summed E-state index contributed by atoms with van der Waals surface area (Å²) in [6, 6.07) is 0. The Hall–Kier alpha value is -1.40. The van der Waals surface area contributed by atoms with Crippen LogP contribution in [0.25, 0.3) is 0 Å². The van der Waals surface area contributed by atoms with E-state index in [9.17, 15) is 9.59 Å². The summed E-state index contributed by atoms with van der Waals surface area (Å²) in [4.78, 5) is 25.7. The van der Waals surface area contributed by atoms with Crippen LogP contribution in [0, 0.1) is 19.3 Å². The number of hydrogen-bond acceptors (Lipinski definition) is 5. The van der Waals surface area contributed by atoms with Crippen molar-refractivity contribution in [3.63, 3.8) is 0 Å². The van der Waals surface area contributed by atoms with Gasteiger partial charge in [0.15, 0.2) is 0 Å². The maximum Gasteiger partial charge on any atom is 0.341 e. The molecule has 2 rings (SSSR count). The molecule has 6 heteroatoms. The molecule has 128 valence electrons. The molecule has 1 atom stereocenters. The SMILES string of the molecule is Cc1sc(NC(=O)C(C)(C)C)c(C(=O)OCC2CCCO2)c1C.